The summed E-state index contributed by atoms with van der Waals surface area (Å²) in [7, 11) is 1.48. The van der Waals surface area contributed by atoms with Gasteiger partial charge < -0.3 is 15.0 Å². The van der Waals surface area contributed by atoms with Crippen LogP contribution in [0.3, 0.4) is 0 Å². The van der Waals surface area contributed by atoms with Crippen LogP contribution in [0.5, 0.6) is 5.75 Å². The summed E-state index contributed by atoms with van der Waals surface area (Å²) < 4.78 is 39.5. The Balaban J connectivity index is 1.75. The minimum atomic E-state index is -4.51. The second-order valence-corrected chi connectivity index (χ2v) is 5.66. The number of imidazole rings is 1. The maximum Gasteiger partial charge on any atom is 0.434 e. The van der Waals surface area contributed by atoms with E-state index in [2.05, 4.69) is 25.3 Å². The third-order valence-electron chi connectivity index (χ3n) is 3.43. The Morgan fingerprint density at radius 1 is 1.19 bits per heavy atom. The van der Waals surface area contributed by atoms with Gasteiger partial charge in [-0.3, -0.25) is 4.98 Å². The molecule has 0 saturated carbocycles. The van der Waals surface area contributed by atoms with E-state index in [0.717, 1.165) is 12.4 Å². The van der Waals surface area contributed by atoms with E-state index in [1.54, 1.807) is 12.1 Å². The topological polar surface area (TPSA) is 88.8 Å². The zero-order valence-electron chi connectivity index (χ0n) is 13.3. The molecule has 0 aliphatic rings. The molecule has 3 rings (SSSR count). The summed E-state index contributed by atoms with van der Waals surface area (Å²) in [5.74, 6) is 0.137. The number of alkyl halides is 3. The van der Waals surface area contributed by atoms with E-state index >= 15 is 0 Å². The molecule has 3 aromatic rings. The predicted octanol–water partition coefficient (Wildman–Crippen LogP) is 3.26. The second-order valence-electron chi connectivity index (χ2n) is 5.32. The molecule has 2 N–H and O–H groups in total. The highest BCUT2D eigenvalue weighted by Crippen LogP contribution is 2.30. The van der Waals surface area contributed by atoms with Crippen LogP contribution in [-0.2, 0) is 19.8 Å². The number of aromatic nitrogens is 5. The highest BCUT2D eigenvalue weighted by Gasteiger charge is 2.34. The fraction of sp³-hybridized carbons (Fsp3) is 0.200. The van der Waals surface area contributed by atoms with Gasteiger partial charge in [0.05, 0.1) is 18.4 Å². The SMILES string of the molecule is Cn1cc(C(F)(F)F)nc1-c1ccc(CNc2nc(Cl)ncc2O)nc1. The first-order valence-corrected chi connectivity index (χ1v) is 7.63. The number of pyridine rings is 1. The Labute approximate surface area is 150 Å². The first-order valence-electron chi connectivity index (χ1n) is 7.25. The standard InChI is InChI=1S/C15H12ClF3N6O/c1-25-7-11(15(17,18)19)23-13(25)8-2-3-9(20-4-8)5-21-12-10(26)6-22-14(16)24-12/h2-4,6-7,26H,5H2,1H3,(H,21,22,24). The Hall–Kier alpha value is -2.88. The van der Waals surface area contributed by atoms with Crippen molar-refractivity contribution in [1.82, 2.24) is 24.5 Å². The van der Waals surface area contributed by atoms with E-state index in [4.69, 9.17) is 11.6 Å². The van der Waals surface area contributed by atoms with Gasteiger partial charge in [-0.25, -0.2) is 9.97 Å². The Morgan fingerprint density at radius 2 is 1.96 bits per heavy atom. The lowest BCUT2D eigenvalue weighted by Gasteiger charge is -2.07. The molecule has 11 heteroatoms. The number of aromatic hydroxyl groups is 1. The maximum absolute atomic E-state index is 12.7. The molecular weight excluding hydrogens is 373 g/mol. The van der Waals surface area contributed by atoms with Crippen LogP contribution in [0.25, 0.3) is 11.4 Å². The highest BCUT2D eigenvalue weighted by atomic mass is 35.5. The van der Waals surface area contributed by atoms with Gasteiger partial charge in [-0.1, -0.05) is 0 Å². The first kappa shape index (κ1) is 17.9. The van der Waals surface area contributed by atoms with Gasteiger partial charge in [0.1, 0.15) is 5.82 Å². The van der Waals surface area contributed by atoms with Crippen molar-refractivity contribution >= 4 is 17.4 Å². The Kier molecular flexibility index (Phi) is 4.68. The van der Waals surface area contributed by atoms with E-state index < -0.39 is 11.9 Å². The molecule has 0 aliphatic carbocycles. The first-order chi connectivity index (χ1) is 12.2. The third-order valence-corrected chi connectivity index (χ3v) is 3.61. The van der Waals surface area contributed by atoms with Gasteiger partial charge in [-0.2, -0.15) is 18.2 Å². The van der Waals surface area contributed by atoms with Gasteiger partial charge in [0.25, 0.3) is 0 Å². The lowest BCUT2D eigenvalue weighted by Crippen LogP contribution is -2.05. The molecule has 136 valence electrons. The molecule has 26 heavy (non-hydrogen) atoms. The minimum Gasteiger partial charge on any atom is -0.503 e. The van der Waals surface area contributed by atoms with Crippen molar-refractivity contribution in [3.8, 4) is 17.1 Å². The summed E-state index contributed by atoms with van der Waals surface area (Å²) in [6, 6.07) is 3.24. The van der Waals surface area contributed by atoms with Crippen molar-refractivity contribution in [2.24, 2.45) is 7.05 Å². The van der Waals surface area contributed by atoms with Crippen LogP contribution in [0.2, 0.25) is 5.28 Å². The van der Waals surface area contributed by atoms with Crippen LogP contribution in [0, 0.1) is 0 Å². The molecule has 3 heterocycles. The minimum absolute atomic E-state index is 0.0242. The summed E-state index contributed by atoms with van der Waals surface area (Å²) in [4.78, 5) is 15.3. The number of aryl methyl sites for hydroxylation is 1. The summed E-state index contributed by atoms with van der Waals surface area (Å²) in [6.45, 7) is 0.218. The smallest absolute Gasteiger partial charge is 0.434 e. The van der Waals surface area contributed by atoms with Crippen molar-refractivity contribution in [2.75, 3.05) is 5.32 Å². The number of anilines is 1. The third kappa shape index (κ3) is 3.85. The lowest BCUT2D eigenvalue weighted by molar-refractivity contribution is -0.140. The van der Waals surface area contributed by atoms with E-state index in [0.29, 0.717) is 11.3 Å². The van der Waals surface area contributed by atoms with Crippen LogP contribution in [0.15, 0.2) is 30.7 Å². The summed E-state index contributed by atoms with van der Waals surface area (Å²) in [5.41, 5.74) is 0.0599. The van der Waals surface area contributed by atoms with Crippen LogP contribution >= 0.6 is 11.6 Å². The van der Waals surface area contributed by atoms with Gasteiger partial charge in [0, 0.05) is 25.0 Å². The molecule has 0 aliphatic heterocycles. The molecule has 0 radical (unpaired) electrons. The van der Waals surface area contributed by atoms with Crippen LogP contribution in [-0.4, -0.2) is 29.6 Å². The fourth-order valence-corrected chi connectivity index (χ4v) is 2.32. The fourth-order valence-electron chi connectivity index (χ4n) is 2.19. The lowest BCUT2D eigenvalue weighted by atomic mass is 10.2. The molecule has 0 amide bonds. The van der Waals surface area contributed by atoms with Crippen molar-refractivity contribution in [3.63, 3.8) is 0 Å². The van der Waals surface area contributed by atoms with Crippen molar-refractivity contribution in [2.45, 2.75) is 12.7 Å². The van der Waals surface area contributed by atoms with Gasteiger partial charge in [-0.05, 0) is 23.7 Å². The van der Waals surface area contributed by atoms with E-state index in [1.807, 2.05) is 0 Å². The molecule has 0 spiro atoms. The summed E-state index contributed by atoms with van der Waals surface area (Å²) in [6.07, 6.45) is -1.000. The largest absolute Gasteiger partial charge is 0.503 e. The normalized spacial score (nSPS) is 11.6. The zero-order chi connectivity index (χ0) is 18.9. The number of nitrogens with one attached hydrogen (secondary N) is 1. The zero-order valence-corrected chi connectivity index (χ0v) is 14.0. The van der Waals surface area contributed by atoms with Crippen LogP contribution < -0.4 is 5.32 Å². The number of rotatable bonds is 4. The highest BCUT2D eigenvalue weighted by molar-refractivity contribution is 6.28. The average molecular weight is 385 g/mol. The number of halogens is 4. The number of hydrogen-bond donors (Lipinski definition) is 2. The quantitative estimate of drug-likeness (QED) is 0.671. The summed E-state index contributed by atoms with van der Waals surface area (Å²) in [5, 5.41) is 12.5. The van der Waals surface area contributed by atoms with Gasteiger partial charge in [-0.15, -0.1) is 0 Å². The second kappa shape index (κ2) is 6.79. The predicted molar refractivity (Wildman–Crippen MR) is 87.5 cm³/mol. The van der Waals surface area contributed by atoms with E-state index in [9.17, 15) is 18.3 Å². The van der Waals surface area contributed by atoms with Gasteiger partial charge in [0.2, 0.25) is 5.28 Å². The molecule has 7 nitrogen and oxygen atoms in total. The Bertz CT molecular complexity index is 926. The molecule has 0 aromatic carbocycles. The molecule has 0 atom stereocenters. The van der Waals surface area contributed by atoms with Crippen molar-refractivity contribution in [1.29, 1.82) is 0 Å². The molecule has 0 bridgehead atoms. The average Bonchev–Trinajstić information content (AvgIpc) is 2.98. The molecule has 3 aromatic heterocycles. The van der Waals surface area contributed by atoms with Gasteiger partial charge >= 0.3 is 6.18 Å². The van der Waals surface area contributed by atoms with Crippen LogP contribution in [0.4, 0.5) is 19.0 Å². The number of nitrogens with zero attached hydrogens (tertiary/aromatic N) is 5. The molecule has 0 unspecified atom stereocenters. The summed E-state index contributed by atoms with van der Waals surface area (Å²) >= 11 is 5.66. The molecular formula is C15H12ClF3N6O. The van der Waals surface area contributed by atoms with Crippen molar-refractivity contribution < 1.29 is 18.3 Å². The van der Waals surface area contributed by atoms with Gasteiger partial charge in [0.15, 0.2) is 17.3 Å². The molecule has 0 fully saturated rings. The van der Waals surface area contributed by atoms with Crippen molar-refractivity contribution in [3.05, 3.63) is 47.4 Å². The molecule has 0 saturated heterocycles. The van der Waals surface area contributed by atoms with Crippen LogP contribution in [0.1, 0.15) is 11.4 Å². The van der Waals surface area contributed by atoms with E-state index in [1.165, 1.54) is 17.8 Å². The Morgan fingerprint density at radius 3 is 2.58 bits per heavy atom. The maximum atomic E-state index is 12.7. The van der Waals surface area contributed by atoms with E-state index in [-0.39, 0.29) is 29.2 Å². The monoisotopic (exact) mass is 384 g/mol. The number of hydrogen-bond acceptors (Lipinski definition) is 6.